The summed E-state index contributed by atoms with van der Waals surface area (Å²) in [7, 11) is 0. The summed E-state index contributed by atoms with van der Waals surface area (Å²) in [6.45, 7) is 2.58. The summed E-state index contributed by atoms with van der Waals surface area (Å²) in [6, 6.07) is 11.3. The van der Waals surface area contributed by atoms with Crippen LogP contribution in [0.4, 0.5) is 20.4 Å². The molecule has 2 fully saturated rings. The monoisotopic (exact) mass is 443 g/mol. The Hall–Kier alpha value is -2.67. The van der Waals surface area contributed by atoms with Crippen LogP contribution in [0.3, 0.4) is 0 Å². The maximum absolute atomic E-state index is 14.1. The van der Waals surface area contributed by atoms with Crippen LogP contribution in [0.5, 0.6) is 0 Å². The van der Waals surface area contributed by atoms with Crippen LogP contribution in [0.25, 0.3) is 11.4 Å². The molecule has 1 spiro atoms. The summed E-state index contributed by atoms with van der Waals surface area (Å²) in [5.74, 6) is 0.647. The van der Waals surface area contributed by atoms with E-state index in [1.54, 1.807) is 24.3 Å². The quantitative estimate of drug-likeness (QED) is 0.586. The molecular weight excluding hydrogens is 420 g/mol. The maximum Gasteiger partial charge on any atom is 0.245 e. The molecule has 0 radical (unpaired) electrons. The summed E-state index contributed by atoms with van der Waals surface area (Å²) in [4.78, 5) is 9.19. The van der Waals surface area contributed by atoms with Crippen LogP contribution in [-0.2, 0) is 0 Å². The number of nitrogens with zero attached hydrogens (tertiary/aromatic N) is 4. The number of aromatic nitrogens is 3. The summed E-state index contributed by atoms with van der Waals surface area (Å²) in [5, 5.41) is 7.51. The van der Waals surface area contributed by atoms with E-state index in [0.717, 1.165) is 56.6 Å². The topological polar surface area (TPSA) is 48.1 Å². The first-order valence-electron chi connectivity index (χ1n) is 10.7. The van der Waals surface area contributed by atoms with Crippen LogP contribution >= 0.6 is 11.6 Å². The Morgan fingerprint density at radius 1 is 0.935 bits per heavy atom. The van der Waals surface area contributed by atoms with Gasteiger partial charge in [0.1, 0.15) is 11.6 Å². The molecule has 0 atom stereocenters. The lowest BCUT2D eigenvalue weighted by Crippen LogP contribution is -2.58. The average molecular weight is 444 g/mol. The molecule has 3 aromatic rings. The Kier molecular flexibility index (Phi) is 5.30. The zero-order chi connectivity index (χ0) is 21.4. The molecule has 162 valence electrons. The molecule has 1 N–H and O–H groups in total. The van der Waals surface area contributed by atoms with Gasteiger partial charge in [-0.3, -0.25) is 5.10 Å². The second kappa shape index (κ2) is 8.11. The SMILES string of the molecule is Fc1ccc(-c2nc(N3CCC4(CCCCN4c4ccc(Cl)c(F)c4)CC3)n[nH]2)cc1. The first-order valence-corrected chi connectivity index (χ1v) is 11.1. The fourth-order valence-corrected chi connectivity index (χ4v) is 5.04. The van der Waals surface area contributed by atoms with Crippen molar-refractivity contribution in [2.24, 2.45) is 0 Å². The highest BCUT2D eigenvalue weighted by atomic mass is 35.5. The highest BCUT2D eigenvalue weighted by Crippen LogP contribution is 2.41. The molecule has 0 saturated carbocycles. The Bertz CT molecular complexity index is 1060. The zero-order valence-corrected chi connectivity index (χ0v) is 17.9. The summed E-state index contributed by atoms with van der Waals surface area (Å²) >= 11 is 5.90. The minimum atomic E-state index is -0.369. The van der Waals surface area contributed by atoms with E-state index >= 15 is 0 Å². The van der Waals surface area contributed by atoms with Gasteiger partial charge in [0.25, 0.3) is 0 Å². The summed E-state index contributed by atoms with van der Waals surface area (Å²) in [5.41, 5.74) is 1.73. The van der Waals surface area contributed by atoms with Crippen LogP contribution in [-0.4, -0.2) is 40.4 Å². The highest BCUT2D eigenvalue weighted by Gasteiger charge is 2.42. The Morgan fingerprint density at radius 3 is 2.45 bits per heavy atom. The molecule has 2 aliphatic rings. The number of benzene rings is 2. The average Bonchev–Trinajstić information content (AvgIpc) is 3.27. The molecule has 2 aromatic carbocycles. The lowest BCUT2D eigenvalue weighted by Gasteiger charge is -2.52. The number of anilines is 2. The minimum Gasteiger partial charge on any atom is -0.366 e. The predicted molar refractivity (Wildman–Crippen MR) is 119 cm³/mol. The lowest BCUT2D eigenvalue weighted by molar-refractivity contribution is 0.250. The van der Waals surface area contributed by atoms with Crippen LogP contribution < -0.4 is 9.80 Å². The van der Waals surface area contributed by atoms with E-state index in [0.29, 0.717) is 11.8 Å². The van der Waals surface area contributed by atoms with E-state index in [2.05, 4.69) is 25.0 Å². The van der Waals surface area contributed by atoms with Crippen molar-refractivity contribution in [3.05, 3.63) is 59.1 Å². The van der Waals surface area contributed by atoms with Crippen LogP contribution in [0.1, 0.15) is 32.1 Å². The molecule has 8 heteroatoms. The van der Waals surface area contributed by atoms with Crippen molar-refractivity contribution in [3.63, 3.8) is 0 Å². The van der Waals surface area contributed by atoms with Gasteiger partial charge in [0, 0.05) is 36.4 Å². The summed E-state index contributed by atoms with van der Waals surface area (Å²) < 4.78 is 27.3. The predicted octanol–water partition coefficient (Wildman–Crippen LogP) is 5.43. The molecule has 2 aliphatic heterocycles. The number of halogens is 3. The van der Waals surface area contributed by atoms with Crippen molar-refractivity contribution >= 4 is 23.2 Å². The number of rotatable bonds is 3. The van der Waals surface area contributed by atoms with Crippen molar-refractivity contribution in [1.29, 1.82) is 0 Å². The first kappa shape index (κ1) is 20.2. The molecule has 5 nitrogen and oxygen atoms in total. The molecule has 1 aromatic heterocycles. The Balaban J connectivity index is 1.32. The lowest BCUT2D eigenvalue weighted by atomic mass is 9.78. The molecule has 0 unspecified atom stereocenters. The van der Waals surface area contributed by atoms with Gasteiger partial charge in [-0.25, -0.2) is 8.78 Å². The van der Waals surface area contributed by atoms with Gasteiger partial charge in [-0.1, -0.05) is 11.6 Å². The van der Waals surface area contributed by atoms with Crippen molar-refractivity contribution in [2.75, 3.05) is 29.4 Å². The molecule has 5 rings (SSSR count). The van der Waals surface area contributed by atoms with E-state index in [4.69, 9.17) is 11.6 Å². The molecule has 0 aliphatic carbocycles. The van der Waals surface area contributed by atoms with Gasteiger partial charge in [0.15, 0.2) is 5.82 Å². The smallest absolute Gasteiger partial charge is 0.245 e. The third kappa shape index (κ3) is 3.87. The van der Waals surface area contributed by atoms with Gasteiger partial charge in [-0.2, -0.15) is 4.98 Å². The maximum atomic E-state index is 14.1. The van der Waals surface area contributed by atoms with Crippen LogP contribution in [0.15, 0.2) is 42.5 Å². The second-order valence-corrected chi connectivity index (χ2v) is 8.82. The normalized spacial score (nSPS) is 18.5. The van der Waals surface area contributed by atoms with E-state index in [-0.39, 0.29) is 22.2 Å². The van der Waals surface area contributed by atoms with Gasteiger partial charge in [-0.05, 0) is 74.6 Å². The third-order valence-electron chi connectivity index (χ3n) is 6.63. The van der Waals surface area contributed by atoms with Gasteiger partial charge in [-0.15, -0.1) is 5.10 Å². The molecule has 0 amide bonds. The first-order chi connectivity index (χ1) is 15.0. The fraction of sp³-hybridized carbons (Fsp3) is 0.391. The van der Waals surface area contributed by atoms with Gasteiger partial charge in [0.2, 0.25) is 5.95 Å². The van der Waals surface area contributed by atoms with E-state index in [9.17, 15) is 8.78 Å². The number of hydrogen-bond donors (Lipinski definition) is 1. The Morgan fingerprint density at radius 2 is 1.71 bits per heavy atom. The zero-order valence-electron chi connectivity index (χ0n) is 17.1. The van der Waals surface area contributed by atoms with E-state index in [1.165, 1.54) is 18.6 Å². The molecule has 3 heterocycles. The minimum absolute atomic E-state index is 0.0190. The fourth-order valence-electron chi connectivity index (χ4n) is 4.93. The van der Waals surface area contributed by atoms with Crippen LogP contribution in [0.2, 0.25) is 5.02 Å². The van der Waals surface area contributed by atoms with Crippen molar-refractivity contribution in [2.45, 2.75) is 37.6 Å². The molecule has 0 bridgehead atoms. The molecule has 31 heavy (non-hydrogen) atoms. The summed E-state index contributed by atoms with van der Waals surface area (Å²) in [6.07, 6.45) is 5.30. The molecule has 2 saturated heterocycles. The van der Waals surface area contributed by atoms with E-state index < -0.39 is 0 Å². The third-order valence-corrected chi connectivity index (χ3v) is 6.94. The van der Waals surface area contributed by atoms with E-state index in [1.807, 2.05) is 6.07 Å². The number of H-pyrrole nitrogens is 1. The van der Waals surface area contributed by atoms with Crippen molar-refractivity contribution < 1.29 is 8.78 Å². The number of piperidine rings is 2. The number of nitrogens with one attached hydrogen (secondary N) is 1. The van der Waals surface area contributed by atoms with Crippen molar-refractivity contribution in [1.82, 2.24) is 15.2 Å². The Labute approximate surface area is 185 Å². The largest absolute Gasteiger partial charge is 0.366 e. The van der Waals surface area contributed by atoms with Gasteiger partial charge in [0.05, 0.1) is 5.02 Å². The highest BCUT2D eigenvalue weighted by molar-refractivity contribution is 6.30. The molecular formula is C23H24ClF2N5. The number of aromatic amines is 1. The van der Waals surface area contributed by atoms with Gasteiger partial charge < -0.3 is 9.80 Å². The van der Waals surface area contributed by atoms with Crippen molar-refractivity contribution in [3.8, 4) is 11.4 Å². The van der Waals surface area contributed by atoms with Crippen LogP contribution in [0, 0.1) is 11.6 Å². The van der Waals surface area contributed by atoms with Gasteiger partial charge >= 0.3 is 0 Å². The number of hydrogen-bond acceptors (Lipinski definition) is 4. The standard InChI is InChI=1S/C23H24ClF2N5/c24-19-8-7-18(15-20(19)26)31-12-2-1-9-23(31)10-13-30(14-11-23)22-27-21(28-29-22)16-3-5-17(25)6-4-16/h3-8,15H,1-2,9-14H2,(H,27,28,29). The second-order valence-electron chi connectivity index (χ2n) is 8.41.